The first kappa shape index (κ1) is 14.9. The molecule has 0 unspecified atom stereocenters. The lowest BCUT2D eigenvalue weighted by Crippen LogP contribution is -2.06. The number of hydrogen-bond donors (Lipinski definition) is 1. The van der Waals surface area contributed by atoms with Crippen LogP contribution in [-0.2, 0) is 0 Å². The lowest BCUT2D eigenvalue weighted by molar-refractivity contribution is 0.0688. The van der Waals surface area contributed by atoms with Crippen LogP contribution in [0.25, 0.3) is 0 Å². The highest BCUT2D eigenvalue weighted by atomic mass is 32.2. The summed E-state index contributed by atoms with van der Waals surface area (Å²) in [5.41, 5.74) is 0.273. The highest BCUT2D eigenvalue weighted by Gasteiger charge is 2.15. The van der Waals surface area contributed by atoms with Crippen molar-refractivity contribution >= 4 is 17.7 Å². The van der Waals surface area contributed by atoms with Crippen LogP contribution in [0.5, 0.6) is 5.75 Å². The molecule has 0 aliphatic carbocycles. The van der Waals surface area contributed by atoms with Crippen LogP contribution in [0, 0.1) is 5.92 Å². The number of carbonyl (C=O) groups is 1. The fourth-order valence-corrected chi connectivity index (χ4v) is 2.29. The molecule has 1 aromatic carbocycles. The van der Waals surface area contributed by atoms with E-state index in [1.165, 1.54) is 11.8 Å². The highest BCUT2D eigenvalue weighted by molar-refractivity contribution is 7.98. The summed E-state index contributed by atoms with van der Waals surface area (Å²) in [6.45, 7) is 4.89. The van der Waals surface area contributed by atoms with Gasteiger partial charge < -0.3 is 9.84 Å². The SMILES string of the molecule is CSc1cccc(OCCCC(C)C)c1C(=O)O. The molecule has 0 spiro atoms. The fourth-order valence-electron chi connectivity index (χ4n) is 1.69. The van der Waals surface area contributed by atoms with Gasteiger partial charge in [0.05, 0.1) is 6.61 Å². The molecule has 0 aromatic heterocycles. The van der Waals surface area contributed by atoms with E-state index in [0.29, 0.717) is 18.3 Å². The van der Waals surface area contributed by atoms with Crippen LogP contribution in [0.15, 0.2) is 23.1 Å². The minimum Gasteiger partial charge on any atom is -0.493 e. The van der Waals surface area contributed by atoms with Crippen molar-refractivity contribution in [3.05, 3.63) is 23.8 Å². The van der Waals surface area contributed by atoms with Crippen molar-refractivity contribution < 1.29 is 14.6 Å². The second-order valence-electron chi connectivity index (χ2n) is 4.52. The van der Waals surface area contributed by atoms with E-state index in [-0.39, 0.29) is 5.56 Å². The average molecular weight is 268 g/mol. The van der Waals surface area contributed by atoms with Crippen molar-refractivity contribution in [1.29, 1.82) is 0 Å². The van der Waals surface area contributed by atoms with Gasteiger partial charge in [-0.25, -0.2) is 4.79 Å². The number of carboxylic acid groups (broad SMARTS) is 1. The smallest absolute Gasteiger partial charge is 0.340 e. The first-order valence-corrected chi connectivity index (χ1v) is 7.31. The zero-order valence-electron chi connectivity index (χ0n) is 11.1. The van der Waals surface area contributed by atoms with Crippen molar-refractivity contribution in [3.8, 4) is 5.75 Å². The van der Waals surface area contributed by atoms with Gasteiger partial charge in [-0.05, 0) is 37.1 Å². The van der Waals surface area contributed by atoms with Crippen molar-refractivity contribution in [2.75, 3.05) is 12.9 Å². The molecule has 3 nitrogen and oxygen atoms in total. The topological polar surface area (TPSA) is 46.5 Å². The Hall–Kier alpha value is -1.16. The molecule has 0 saturated heterocycles. The third kappa shape index (κ3) is 4.26. The van der Waals surface area contributed by atoms with Gasteiger partial charge in [0.25, 0.3) is 0 Å². The molecule has 1 rings (SSSR count). The predicted molar refractivity (Wildman–Crippen MR) is 74.7 cm³/mol. The van der Waals surface area contributed by atoms with E-state index in [0.717, 1.165) is 17.7 Å². The minimum atomic E-state index is -0.932. The van der Waals surface area contributed by atoms with E-state index in [1.807, 2.05) is 12.3 Å². The Morgan fingerprint density at radius 1 is 1.44 bits per heavy atom. The van der Waals surface area contributed by atoms with E-state index in [1.54, 1.807) is 12.1 Å². The summed E-state index contributed by atoms with van der Waals surface area (Å²) in [7, 11) is 0. The normalized spacial score (nSPS) is 10.7. The van der Waals surface area contributed by atoms with Crippen LogP contribution in [0.3, 0.4) is 0 Å². The number of carboxylic acids is 1. The molecule has 0 atom stereocenters. The number of thioether (sulfide) groups is 1. The molecule has 0 saturated carbocycles. The summed E-state index contributed by atoms with van der Waals surface area (Å²) < 4.78 is 5.60. The van der Waals surface area contributed by atoms with E-state index in [4.69, 9.17) is 4.74 Å². The van der Waals surface area contributed by atoms with Gasteiger partial charge in [0.15, 0.2) is 0 Å². The summed E-state index contributed by atoms with van der Waals surface area (Å²) in [6, 6.07) is 5.35. The van der Waals surface area contributed by atoms with Crippen LogP contribution in [0.1, 0.15) is 37.0 Å². The Morgan fingerprint density at radius 2 is 2.17 bits per heavy atom. The molecule has 18 heavy (non-hydrogen) atoms. The average Bonchev–Trinajstić information content (AvgIpc) is 2.33. The third-order valence-corrected chi connectivity index (χ3v) is 3.39. The summed E-state index contributed by atoms with van der Waals surface area (Å²) in [4.78, 5) is 12.0. The maximum atomic E-state index is 11.2. The van der Waals surface area contributed by atoms with Gasteiger partial charge in [0, 0.05) is 4.90 Å². The molecular weight excluding hydrogens is 248 g/mol. The lowest BCUT2D eigenvalue weighted by Gasteiger charge is -2.12. The predicted octanol–water partition coefficient (Wildman–Crippen LogP) is 3.92. The van der Waals surface area contributed by atoms with Crippen LogP contribution < -0.4 is 4.74 Å². The molecule has 4 heteroatoms. The summed E-state index contributed by atoms with van der Waals surface area (Å²) in [6.07, 6.45) is 3.90. The van der Waals surface area contributed by atoms with Crippen LogP contribution in [0.4, 0.5) is 0 Å². The monoisotopic (exact) mass is 268 g/mol. The van der Waals surface area contributed by atoms with Gasteiger partial charge in [0.2, 0.25) is 0 Å². The Bertz CT molecular complexity index is 402. The Kier molecular flexibility index (Phi) is 6.05. The fraction of sp³-hybridized carbons (Fsp3) is 0.500. The second-order valence-corrected chi connectivity index (χ2v) is 5.37. The third-order valence-electron chi connectivity index (χ3n) is 2.61. The van der Waals surface area contributed by atoms with E-state index in [9.17, 15) is 9.90 Å². The molecule has 100 valence electrons. The Balaban J connectivity index is 2.72. The van der Waals surface area contributed by atoms with Gasteiger partial charge in [-0.2, -0.15) is 0 Å². The molecule has 0 fully saturated rings. The number of ether oxygens (including phenoxy) is 1. The van der Waals surface area contributed by atoms with Crippen LogP contribution in [0.2, 0.25) is 0 Å². The van der Waals surface area contributed by atoms with Gasteiger partial charge in [-0.1, -0.05) is 19.9 Å². The molecule has 0 amide bonds. The number of hydrogen-bond acceptors (Lipinski definition) is 3. The molecule has 0 aliphatic rings. The van der Waals surface area contributed by atoms with Gasteiger partial charge in [0.1, 0.15) is 11.3 Å². The number of rotatable bonds is 7. The maximum absolute atomic E-state index is 11.2. The largest absolute Gasteiger partial charge is 0.493 e. The number of aromatic carboxylic acids is 1. The summed E-state index contributed by atoms with van der Waals surface area (Å²) in [5, 5.41) is 9.23. The van der Waals surface area contributed by atoms with E-state index < -0.39 is 5.97 Å². The first-order valence-electron chi connectivity index (χ1n) is 6.09. The molecule has 1 N–H and O–H groups in total. The molecular formula is C14H20O3S. The molecule has 0 heterocycles. The standard InChI is InChI=1S/C14H20O3S/c1-10(2)6-5-9-17-11-7-4-8-12(18-3)13(11)14(15)16/h4,7-8,10H,5-6,9H2,1-3H3,(H,15,16). The van der Waals surface area contributed by atoms with E-state index >= 15 is 0 Å². The maximum Gasteiger partial charge on any atom is 0.340 e. The van der Waals surface area contributed by atoms with Crippen molar-refractivity contribution in [2.45, 2.75) is 31.6 Å². The highest BCUT2D eigenvalue weighted by Crippen LogP contribution is 2.29. The molecule has 1 aromatic rings. The first-order chi connectivity index (χ1) is 8.56. The summed E-state index contributed by atoms with van der Waals surface area (Å²) >= 11 is 1.42. The minimum absolute atomic E-state index is 0.273. The Morgan fingerprint density at radius 3 is 2.72 bits per heavy atom. The van der Waals surface area contributed by atoms with Gasteiger partial charge in [-0.15, -0.1) is 11.8 Å². The summed E-state index contributed by atoms with van der Waals surface area (Å²) in [5.74, 6) is 0.182. The van der Waals surface area contributed by atoms with Crippen LogP contribution >= 0.6 is 11.8 Å². The zero-order valence-corrected chi connectivity index (χ0v) is 11.9. The Labute approximate surface area is 113 Å². The van der Waals surface area contributed by atoms with Crippen molar-refractivity contribution in [3.63, 3.8) is 0 Å². The van der Waals surface area contributed by atoms with Crippen molar-refractivity contribution in [1.82, 2.24) is 0 Å². The lowest BCUT2D eigenvalue weighted by atomic mass is 10.1. The number of benzene rings is 1. The second kappa shape index (κ2) is 7.31. The molecule has 0 radical (unpaired) electrons. The zero-order chi connectivity index (χ0) is 13.5. The van der Waals surface area contributed by atoms with Crippen LogP contribution in [-0.4, -0.2) is 23.9 Å². The molecule has 0 bridgehead atoms. The van der Waals surface area contributed by atoms with Gasteiger partial charge in [-0.3, -0.25) is 0 Å². The van der Waals surface area contributed by atoms with Crippen molar-refractivity contribution in [2.24, 2.45) is 5.92 Å². The van der Waals surface area contributed by atoms with E-state index in [2.05, 4.69) is 13.8 Å². The quantitative estimate of drug-likeness (QED) is 0.601. The molecule has 0 aliphatic heterocycles. The van der Waals surface area contributed by atoms with Gasteiger partial charge >= 0.3 is 5.97 Å².